The normalized spacial score (nSPS) is 14.5. The van der Waals surface area contributed by atoms with Gasteiger partial charge in [0, 0.05) is 30.3 Å². The van der Waals surface area contributed by atoms with E-state index in [1.807, 2.05) is 0 Å². The molecule has 1 saturated heterocycles. The molecule has 10 heteroatoms. The van der Waals surface area contributed by atoms with Gasteiger partial charge in [-0.15, -0.1) is 0 Å². The lowest BCUT2D eigenvalue weighted by Gasteiger charge is -2.18. The SMILES string of the molecule is COc1ccc(C(=O)Nc2cc(-c3cccc(F)c3)[nH]n2)cc1S(=O)(=O)N1CCCC1. The van der Waals surface area contributed by atoms with Crippen LogP contribution in [0, 0.1) is 5.82 Å². The molecule has 162 valence electrons. The van der Waals surface area contributed by atoms with Gasteiger partial charge < -0.3 is 10.1 Å². The molecule has 2 heterocycles. The highest BCUT2D eigenvalue weighted by molar-refractivity contribution is 7.89. The van der Waals surface area contributed by atoms with Gasteiger partial charge in [-0.1, -0.05) is 12.1 Å². The first kappa shape index (κ1) is 21.0. The van der Waals surface area contributed by atoms with E-state index >= 15 is 0 Å². The number of hydrogen-bond donors (Lipinski definition) is 2. The molecular weight excluding hydrogens is 423 g/mol. The number of carbonyl (C=O) groups is 1. The quantitative estimate of drug-likeness (QED) is 0.607. The van der Waals surface area contributed by atoms with Crippen LogP contribution in [0.2, 0.25) is 0 Å². The highest BCUT2D eigenvalue weighted by atomic mass is 32.2. The fourth-order valence-corrected chi connectivity index (χ4v) is 5.16. The molecule has 1 aliphatic heterocycles. The summed E-state index contributed by atoms with van der Waals surface area (Å²) < 4.78 is 46.0. The predicted molar refractivity (Wildman–Crippen MR) is 113 cm³/mol. The molecule has 3 aromatic rings. The second kappa shape index (κ2) is 8.48. The summed E-state index contributed by atoms with van der Waals surface area (Å²) in [5, 5.41) is 9.39. The van der Waals surface area contributed by atoms with Crippen LogP contribution in [-0.4, -0.2) is 49.0 Å². The molecular formula is C21H21FN4O4S. The molecule has 0 aliphatic carbocycles. The maximum absolute atomic E-state index is 13.4. The summed E-state index contributed by atoms with van der Waals surface area (Å²) in [5.41, 5.74) is 1.26. The molecule has 8 nitrogen and oxygen atoms in total. The first-order valence-electron chi connectivity index (χ1n) is 9.69. The average molecular weight is 444 g/mol. The van der Waals surface area contributed by atoms with Crippen molar-refractivity contribution in [3.63, 3.8) is 0 Å². The van der Waals surface area contributed by atoms with E-state index < -0.39 is 15.9 Å². The summed E-state index contributed by atoms with van der Waals surface area (Å²) in [5.74, 6) is -0.513. The number of anilines is 1. The van der Waals surface area contributed by atoms with Crippen molar-refractivity contribution >= 4 is 21.7 Å². The molecule has 1 fully saturated rings. The Kier molecular flexibility index (Phi) is 5.75. The van der Waals surface area contributed by atoms with E-state index in [9.17, 15) is 17.6 Å². The second-order valence-corrected chi connectivity index (χ2v) is 9.01. The number of sulfonamides is 1. The minimum absolute atomic E-state index is 0.0490. The first-order chi connectivity index (χ1) is 14.9. The Morgan fingerprint density at radius 2 is 1.94 bits per heavy atom. The number of aromatic nitrogens is 2. The Morgan fingerprint density at radius 1 is 1.16 bits per heavy atom. The Bertz CT molecular complexity index is 1220. The number of ether oxygens (including phenoxy) is 1. The van der Waals surface area contributed by atoms with Crippen LogP contribution in [0.25, 0.3) is 11.3 Å². The Hall–Kier alpha value is -3.24. The van der Waals surface area contributed by atoms with Gasteiger partial charge in [0.2, 0.25) is 10.0 Å². The Balaban J connectivity index is 1.58. The van der Waals surface area contributed by atoms with E-state index in [4.69, 9.17) is 4.74 Å². The van der Waals surface area contributed by atoms with E-state index in [0.29, 0.717) is 24.3 Å². The number of amides is 1. The maximum Gasteiger partial charge on any atom is 0.256 e. The van der Waals surface area contributed by atoms with Crippen molar-refractivity contribution in [1.82, 2.24) is 14.5 Å². The van der Waals surface area contributed by atoms with Crippen LogP contribution in [0.5, 0.6) is 5.75 Å². The highest BCUT2D eigenvalue weighted by Gasteiger charge is 2.30. The van der Waals surface area contributed by atoms with Crippen molar-refractivity contribution < 1.29 is 22.3 Å². The van der Waals surface area contributed by atoms with Crippen LogP contribution in [0.1, 0.15) is 23.2 Å². The third-order valence-corrected chi connectivity index (χ3v) is 6.98. The summed E-state index contributed by atoms with van der Waals surface area (Å²) in [6.07, 6.45) is 1.60. The van der Waals surface area contributed by atoms with Gasteiger partial charge in [-0.05, 0) is 43.2 Å². The van der Waals surface area contributed by atoms with Gasteiger partial charge in [-0.3, -0.25) is 9.89 Å². The van der Waals surface area contributed by atoms with Gasteiger partial charge >= 0.3 is 0 Å². The summed E-state index contributed by atoms with van der Waals surface area (Å²) in [7, 11) is -2.39. The van der Waals surface area contributed by atoms with Gasteiger partial charge in [0.1, 0.15) is 16.5 Å². The first-order valence-corrected chi connectivity index (χ1v) is 11.1. The number of halogens is 1. The summed E-state index contributed by atoms with van der Waals surface area (Å²) in [4.78, 5) is 12.7. The van der Waals surface area contributed by atoms with Crippen molar-refractivity contribution in [1.29, 1.82) is 0 Å². The zero-order valence-electron chi connectivity index (χ0n) is 16.8. The molecule has 0 unspecified atom stereocenters. The largest absolute Gasteiger partial charge is 0.495 e. The summed E-state index contributed by atoms with van der Waals surface area (Å²) >= 11 is 0. The molecule has 0 atom stereocenters. The van der Waals surface area contributed by atoms with Crippen LogP contribution in [-0.2, 0) is 10.0 Å². The smallest absolute Gasteiger partial charge is 0.256 e. The fourth-order valence-electron chi connectivity index (χ4n) is 3.47. The minimum atomic E-state index is -3.78. The topological polar surface area (TPSA) is 104 Å². The third kappa shape index (κ3) is 4.30. The van der Waals surface area contributed by atoms with E-state index in [-0.39, 0.29) is 27.8 Å². The van der Waals surface area contributed by atoms with Gasteiger partial charge in [0.25, 0.3) is 5.91 Å². The van der Waals surface area contributed by atoms with Gasteiger partial charge in [0.05, 0.1) is 12.8 Å². The van der Waals surface area contributed by atoms with Gasteiger partial charge in [0.15, 0.2) is 5.82 Å². The van der Waals surface area contributed by atoms with Crippen LogP contribution >= 0.6 is 0 Å². The zero-order valence-corrected chi connectivity index (χ0v) is 17.6. The van der Waals surface area contributed by atoms with Crippen molar-refractivity contribution in [3.8, 4) is 17.0 Å². The van der Waals surface area contributed by atoms with Gasteiger partial charge in [-0.2, -0.15) is 9.40 Å². The van der Waals surface area contributed by atoms with E-state index in [2.05, 4.69) is 15.5 Å². The molecule has 0 bridgehead atoms. The molecule has 2 N–H and O–H groups in total. The van der Waals surface area contributed by atoms with Crippen molar-refractivity contribution in [2.45, 2.75) is 17.7 Å². The number of nitrogens with one attached hydrogen (secondary N) is 2. The summed E-state index contributed by atoms with van der Waals surface area (Å²) in [6, 6.07) is 11.8. The number of methoxy groups -OCH3 is 1. The Labute approximate surface area is 179 Å². The monoisotopic (exact) mass is 444 g/mol. The lowest BCUT2D eigenvalue weighted by Crippen LogP contribution is -2.28. The number of benzene rings is 2. The molecule has 31 heavy (non-hydrogen) atoms. The fraction of sp³-hybridized carbons (Fsp3) is 0.238. The molecule has 1 aliphatic rings. The van der Waals surface area contributed by atoms with E-state index in [1.165, 1.54) is 41.7 Å². The molecule has 0 spiro atoms. The number of carbonyl (C=O) groups excluding carboxylic acids is 1. The van der Waals surface area contributed by atoms with Crippen molar-refractivity contribution in [3.05, 3.63) is 59.9 Å². The standard InChI is InChI=1S/C21H21FN4O4S/c1-30-18-8-7-15(12-19(18)31(28,29)26-9-2-3-10-26)21(27)23-20-13-17(24-25-20)14-5-4-6-16(22)11-14/h4-8,11-13H,2-3,9-10H2,1H3,(H2,23,24,25,27). The lowest BCUT2D eigenvalue weighted by atomic mass is 10.1. The second-order valence-electron chi connectivity index (χ2n) is 7.11. The average Bonchev–Trinajstić information content (AvgIpc) is 3.46. The number of aromatic amines is 1. The molecule has 4 rings (SSSR count). The van der Waals surface area contributed by atoms with E-state index in [1.54, 1.807) is 18.2 Å². The summed E-state index contributed by atoms with van der Waals surface area (Å²) in [6.45, 7) is 0.885. The molecule has 0 saturated carbocycles. The number of rotatable bonds is 6. The third-order valence-electron chi connectivity index (χ3n) is 5.06. The van der Waals surface area contributed by atoms with Crippen molar-refractivity contribution in [2.24, 2.45) is 0 Å². The van der Waals surface area contributed by atoms with E-state index in [0.717, 1.165) is 12.8 Å². The highest BCUT2D eigenvalue weighted by Crippen LogP contribution is 2.30. The number of nitrogens with zero attached hydrogens (tertiary/aromatic N) is 2. The van der Waals surface area contributed by atoms with Gasteiger partial charge in [-0.25, -0.2) is 12.8 Å². The zero-order chi connectivity index (χ0) is 22.0. The lowest BCUT2D eigenvalue weighted by molar-refractivity contribution is 0.102. The predicted octanol–water partition coefficient (Wildman–Crippen LogP) is 3.26. The minimum Gasteiger partial charge on any atom is -0.495 e. The molecule has 0 radical (unpaired) electrons. The van der Waals surface area contributed by atoms with Crippen LogP contribution in [0.4, 0.5) is 10.2 Å². The molecule has 1 amide bonds. The molecule has 2 aromatic carbocycles. The van der Waals surface area contributed by atoms with Crippen LogP contribution in [0.15, 0.2) is 53.4 Å². The van der Waals surface area contributed by atoms with Crippen LogP contribution < -0.4 is 10.1 Å². The molecule has 1 aromatic heterocycles. The maximum atomic E-state index is 13.4. The van der Waals surface area contributed by atoms with Crippen LogP contribution in [0.3, 0.4) is 0 Å². The number of hydrogen-bond acceptors (Lipinski definition) is 5. The number of H-pyrrole nitrogens is 1. The van der Waals surface area contributed by atoms with Crippen molar-refractivity contribution in [2.75, 3.05) is 25.5 Å². The Morgan fingerprint density at radius 3 is 2.65 bits per heavy atom.